The first kappa shape index (κ1) is 9.42. The van der Waals surface area contributed by atoms with Crippen molar-refractivity contribution in [1.29, 1.82) is 0 Å². The lowest BCUT2D eigenvalue weighted by Crippen LogP contribution is -1.89. The minimum absolute atomic E-state index is 0.968. The highest BCUT2D eigenvalue weighted by molar-refractivity contribution is 7.13. The fraction of sp³-hybridized carbons (Fsp3) is 0.0833. The number of fused-ring (bicyclic) bond motifs is 1. The second-order valence-electron chi connectivity index (χ2n) is 3.53. The van der Waals surface area contributed by atoms with Crippen molar-refractivity contribution >= 4 is 22.7 Å². The number of hydrogen-bond acceptors (Lipinski definition) is 3. The summed E-state index contributed by atoms with van der Waals surface area (Å²) in [6, 6.07) is 8.21. The zero-order chi connectivity index (χ0) is 11.0. The molecule has 0 spiro atoms. The van der Waals surface area contributed by atoms with Gasteiger partial charge >= 0.3 is 0 Å². The molecule has 3 aromatic rings. The second-order valence-corrected chi connectivity index (χ2v) is 4.48. The molecule has 3 heterocycles. The van der Waals surface area contributed by atoms with Crippen molar-refractivity contribution in [2.45, 2.75) is 0 Å². The predicted molar refractivity (Wildman–Crippen MR) is 68.1 cm³/mol. The number of pyridine rings is 1. The maximum atomic E-state index is 4.60. The Morgan fingerprint density at radius 2 is 2.31 bits per heavy atom. The van der Waals surface area contributed by atoms with Crippen LogP contribution in [-0.4, -0.2) is 16.4 Å². The Balaban J connectivity index is 2.16. The van der Waals surface area contributed by atoms with Crippen molar-refractivity contribution in [2.75, 3.05) is 12.4 Å². The van der Waals surface area contributed by atoms with Crippen molar-refractivity contribution in [2.24, 2.45) is 0 Å². The smallest absolute Gasteiger partial charge is 0.139 e. The number of hydrogen-bond donors (Lipinski definition) is 1. The van der Waals surface area contributed by atoms with E-state index in [1.54, 1.807) is 11.3 Å². The average molecular weight is 229 g/mol. The molecule has 1 N–H and O–H groups in total. The van der Waals surface area contributed by atoms with Crippen molar-refractivity contribution in [1.82, 2.24) is 9.38 Å². The lowest BCUT2D eigenvalue weighted by Gasteiger charge is -1.98. The number of aromatic nitrogens is 2. The highest BCUT2D eigenvalue weighted by atomic mass is 32.1. The molecular weight excluding hydrogens is 218 g/mol. The molecule has 3 nitrogen and oxygen atoms in total. The first-order chi connectivity index (χ1) is 7.86. The van der Waals surface area contributed by atoms with Crippen molar-refractivity contribution < 1.29 is 0 Å². The van der Waals surface area contributed by atoms with Gasteiger partial charge in [-0.25, -0.2) is 4.98 Å². The Labute approximate surface area is 97.4 Å². The number of thiophene rings is 1. The zero-order valence-corrected chi connectivity index (χ0v) is 9.66. The highest BCUT2D eigenvalue weighted by Crippen LogP contribution is 2.24. The minimum Gasteiger partial charge on any atom is -0.388 e. The van der Waals surface area contributed by atoms with Crippen LogP contribution in [0, 0.1) is 0 Å². The highest BCUT2D eigenvalue weighted by Gasteiger charge is 2.04. The molecule has 0 aromatic carbocycles. The average Bonchev–Trinajstić information content (AvgIpc) is 2.96. The van der Waals surface area contributed by atoms with Gasteiger partial charge in [-0.1, -0.05) is 6.07 Å². The van der Waals surface area contributed by atoms with Crippen LogP contribution in [-0.2, 0) is 0 Å². The summed E-state index contributed by atoms with van der Waals surface area (Å²) >= 11 is 1.71. The van der Waals surface area contributed by atoms with Gasteiger partial charge in [-0.2, -0.15) is 0 Å². The summed E-state index contributed by atoms with van der Waals surface area (Å²) in [7, 11) is 1.91. The van der Waals surface area contributed by atoms with E-state index in [9.17, 15) is 0 Å². The fourth-order valence-electron chi connectivity index (χ4n) is 1.68. The van der Waals surface area contributed by atoms with Gasteiger partial charge in [0.05, 0.1) is 10.6 Å². The molecule has 4 heteroatoms. The molecule has 80 valence electrons. The molecule has 0 aliphatic carbocycles. The Kier molecular flexibility index (Phi) is 2.15. The van der Waals surface area contributed by atoms with E-state index in [-0.39, 0.29) is 0 Å². The van der Waals surface area contributed by atoms with E-state index >= 15 is 0 Å². The minimum atomic E-state index is 0.968. The van der Waals surface area contributed by atoms with Gasteiger partial charge in [0.2, 0.25) is 0 Å². The molecule has 0 saturated heterocycles. The largest absolute Gasteiger partial charge is 0.388 e. The SMILES string of the molecule is CNc1ccn2cc(-c3cccs3)nc2c1. The molecule has 0 unspecified atom stereocenters. The van der Waals surface area contributed by atoms with Crippen LogP contribution in [0.4, 0.5) is 5.69 Å². The summed E-state index contributed by atoms with van der Waals surface area (Å²) in [6.07, 6.45) is 4.08. The van der Waals surface area contributed by atoms with Crippen LogP contribution in [0.25, 0.3) is 16.2 Å². The molecule has 0 atom stereocenters. The van der Waals surface area contributed by atoms with Crippen molar-refractivity contribution in [3.63, 3.8) is 0 Å². The molecule has 0 radical (unpaired) electrons. The quantitative estimate of drug-likeness (QED) is 0.731. The normalized spacial score (nSPS) is 10.8. The maximum absolute atomic E-state index is 4.60. The molecular formula is C12H11N3S. The van der Waals surface area contributed by atoms with Crippen LogP contribution in [0.5, 0.6) is 0 Å². The predicted octanol–water partition coefficient (Wildman–Crippen LogP) is 3.10. The first-order valence-electron chi connectivity index (χ1n) is 5.07. The van der Waals surface area contributed by atoms with Crippen molar-refractivity contribution in [3.8, 4) is 10.6 Å². The van der Waals surface area contributed by atoms with E-state index in [1.165, 1.54) is 4.88 Å². The maximum Gasteiger partial charge on any atom is 0.139 e. The van der Waals surface area contributed by atoms with Gasteiger partial charge in [-0.05, 0) is 17.5 Å². The lowest BCUT2D eigenvalue weighted by molar-refractivity contribution is 1.18. The van der Waals surface area contributed by atoms with Gasteiger partial charge in [0, 0.05) is 31.2 Å². The second kappa shape index (κ2) is 3.64. The molecule has 3 aromatic heterocycles. The number of nitrogens with zero attached hydrogens (tertiary/aromatic N) is 2. The van der Waals surface area contributed by atoms with Crippen LogP contribution in [0.3, 0.4) is 0 Å². The van der Waals surface area contributed by atoms with Crippen LogP contribution in [0.1, 0.15) is 0 Å². The standard InChI is InChI=1S/C12H11N3S/c1-13-9-4-5-15-8-10(14-12(15)7-9)11-3-2-6-16-11/h2-8,13H,1H3. The lowest BCUT2D eigenvalue weighted by atomic mass is 10.4. The molecule has 0 aliphatic heterocycles. The zero-order valence-electron chi connectivity index (χ0n) is 8.84. The first-order valence-corrected chi connectivity index (χ1v) is 5.95. The third-order valence-electron chi connectivity index (χ3n) is 2.52. The monoisotopic (exact) mass is 229 g/mol. The summed E-state index contributed by atoms with van der Waals surface area (Å²) in [4.78, 5) is 5.80. The van der Waals surface area contributed by atoms with E-state index in [2.05, 4.69) is 27.9 Å². The molecule has 0 fully saturated rings. The topological polar surface area (TPSA) is 29.3 Å². The fourth-order valence-corrected chi connectivity index (χ4v) is 2.36. The van der Waals surface area contributed by atoms with E-state index in [0.29, 0.717) is 0 Å². The number of nitrogens with one attached hydrogen (secondary N) is 1. The van der Waals surface area contributed by atoms with Gasteiger partial charge in [0.15, 0.2) is 0 Å². The molecule has 0 amide bonds. The van der Waals surface area contributed by atoms with Crippen LogP contribution in [0.2, 0.25) is 0 Å². The van der Waals surface area contributed by atoms with Gasteiger partial charge in [0.1, 0.15) is 5.65 Å². The Morgan fingerprint density at radius 3 is 3.06 bits per heavy atom. The number of anilines is 1. The summed E-state index contributed by atoms with van der Waals surface area (Å²) < 4.78 is 2.04. The van der Waals surface area contributed by atoms with Gasteiger partial charge in [-0.3, -0.25) is 0 Å². The molecule has 0 aliphatic rings. The molecule has 0 bridgehead atoms. The molecule has 3 rings (SSSR count). The number of imidazole rings is 1. The summed E-state index contributed by atoms with van der Waals surface area (Å²) in [5, 5.41) is 5.18. The van der Waals surface area contributed by atoms with Crippen LogP contribution >= 0.6 is 11.3 Å². The van der Waals surface area contributed by atoms with Gasteiger partial charge < -0.3 is 9.72 Å². The van der Waals surface area contributed by atoms with E-state index < -0.39 is 0 Å². The van der Waals surface area contributed by atoms with Crippen LogP contribution < -0.4 is 5.32 Å². The third-order valence-corrected chi connectivity index (χ3v) is 3.41. The van der Waals surface area contributed by atoms with Crippen LogP contribution in [0.15, 0.2) is 42.0 Å². The summed E-state index contributed by atoms with van der Waals surface area (Å²) in [5.74, 6) is 0. The Bertz CT molecular complexity index is 610. The summed E-state index contributed by atoms with van der Waals surface area (Å²) in [6.45, 7) is 0. The molecule has 0 saturated carbocycles. The van der Waals surface area contributed by atoms with E-state index in [1.807, 2.05) is 35.8 Å². The van der Waals surface area contributed by atoms with E-state index in [0.717, 1.165) is 17.0 Å². The van der Waals surface area contributed by atoms with E-state index in [4.69, 9.17) is 0 Å². The third kappa shape index (κ3) is 1.47. The van der Waals surface area contributed by atoms with Crippen molar-refractivity contribution in [3.05, 3.63) is 42.0 Å². The van der Waals surface area contributed by atoms with Gasteiger partial charge in [-0.15, -0.1) is 11.3 Å². The molecule has 16 heavy (non-hydrogen) atoms. The Hall–Kier alpha value is -1.81. The van der Waals surface area contributed by atoms with Gasteiger partial charge in [0.25, 0.3) is 0 Å². The Morgan fingerprint density at radius 1 is 1.38 bits per heavy atom. The number of rotatable bonds is 2. The summed E-state index contributed by atoms with van der Waals surface area (Å²) in [5.41, 5.74) is 3.08.